The Morgan fingerprint density at radius 2 is 1.96 bits per heavy atom. The number of ether oxygens (including phenoxy) is 1. The summed E-state index contributed by atoms with van der Waals surface area (Å²) in [6.45, 7) is 5.40. The number of cyclic esters (lactones) is 1. The summed E-state index contributed by atoms with van der Waals surface area (Å²) in [5.74, 6) is 2.39. The Morgan fingerprint density at radius 1 is 1.12 bits per heavy atom. The molecule has 3 saturated carbocycles. The van der Waals surface area contributed by atoms with Crippen LogP contribution in [0.4, 0.5) is 0 Å². The molecule has 3 fully saturated rings. The van der Waals surface area contributed by atoms with E-state index in [2.05, 4.69) is 19.9 Å². The summed E-state index contributed by atoms with van der Waals surface area (Å²) in [5.41, 5.74) is 3.14. The van der Waals surface area contributed by atoms with Crippen LogP contribution in [0, 0.1) is 34.5 Å². The lowest BCUT2D eigenvalue weighted by Gasteiger charge is -2.59. The minimum Gasteiger partial charge on any atom is -0.458 e. The van der Waals surface area contributed by atoms with Crippen LogP contribution in [0.15, 0.2) is 23.3 Å². The van der Waals surface area contributed by atoms with Crippen LogP contribution < -0.4 is 0 Å². The molecule has 5 aliphatic rings. The zero-order valence-electron chi connectivity index (χ0n) is 16.2. The van der Waals surface area contributed by atoms with Crippen molar-refractivity contribution in [1.82, 2.24) is 0 Å². The van der Waals surface area contributed by atoms with E-state index in [4.69, 9.17) is 4.74 Å². The first-order valence-corrected chi connectivity index (χ1v) is 10.7. The van der Waals surface area contributed by atoms with Crippen LogP contribution >= 0.6 is 0 Å². The average molecular weight is 357 g/mol. The maximum atomic E-state index is 12.2. The van der Waals surface area contributed by atoms with Crippen molar-refractivity contribution in [3.05, 3.63) is 23.3 Å². The second-order valence-corrected chi connectivity index (χ2v) is 10.1. The van der Waals surface area contributed by atoms with Crippen molar-refractivity contribution < 1.29 is 14.6 Å². The molecule has 26 heavy (non-hydrogen) atoms. The van der Waals surface area contributed by atoms with Gasteiger partial charge in [0.05, 0.1) is 6.10 Å². The molecule has 0 saturated heterocycles. The Bertz CT molecular complexity index is 692. The number of rotatable bonds is 1. The minimum absolute atomic E-state index is 0.0751. The Labute approximate surface area is 156 Å². The van der Waals surface area contributed by atoms with Crippen LogP contribution in [0.1, 0.15) is 65.2 Å². The summed E-state index contributed by atoms with van der Waals surface area (Å²) < 4.78 is 5.23. The van der Waals surface area contributed by atoms with Crippen LogP contribution in [0.25, 0.3) is 0 Å². The third-order valence-corrected chi connectivity index (χ3v) is 9.17. The van der Waals surface area contributed by atoms with Gasteiger partial charge in [-0.25, -0.2) is 4.79 Å². The number of carbonyl (C=O) groups excluding carboxylic acids is 1. The normalized spacial score (nSPS) is 50.3. The Morgan fingerprint density at radius 3 is 2.73 bits per heavy atom. The molecule has 0 amide bonds. The zero-order valence-corrected chi connectivity index (χ0v) is 16.2. The predicted octanol–water partition coefficient (Wildman–Crippen LogP) is 4.41. The van der Waals surface area contributed by atoms with Crippen LogP contribution in [0.3, 0.4) is 0 Å². The van der Waals surface area contributed by atoms with E-state index >= 15 is 0 Å². The van der Waals surface area contributed by atoms with Crippen molar-refractivity contribution in [2.24, 2.45) is 34.5 Å². The van der Waals surface area contributed by atoms with Crippen molar-refractivity contribution in [3.8, 4) is 0 Å². The van der Waals surface area contributed by atoms with Gasteiger partial charge in [-0.05, 0) is 86.0 Å². The number of allylic oxidation sites excluding steroid dienone is 2. The van der Waals surface area contributed by atoms with Gasteiger partial charge in [-0.3, -0.25) is 0 Å². The largest absolute Gasteiger partial charge is 0.458 e. The number of carbonyl (C=O) groups is 1. The summed E-state index contributed by atoms with van der Waals surface area (Å²) in [7, 11) is 0. The lowest BCUT2D eigenvalue weighted by atomic mass is 9.45. The Balaban J connectivity index is 1.44. The molecule has 0 bridgehead atoms. The van der Waals surface area contributed by atoms with Crippen LogP contribution in [-0.4, -0.2) is 23.8 Å². The van der Waals surface area contributed by atoms with Crippen LogP contribution in [0.2, 0.25) is 0 Å². The van der Waals surface area contributed by atoms with E-state index in [9.17, 15) is 9.90 Å². The molecular formula is C23H32O3. The van der Waals surface area contributed by atoms with Crippen molar-refractivity contribution in [2.75, 3.05) is 6.61 Å². The Hall–Kier alpha value is -1.09. The molecule has 5 rings (SSSR count). The van der Waals surface area contributed by atoms with Gasteiger partial charge >= 0.3 is 5.97 Å². The standard InChI is InChI=1S/C23H32O3/c1-22-10-7-15(24)13-14(22)3-4-16-18-5-6-19(17-9-12-26-21(17)25)23(18,2)11-8-20(16)22/h5,9,14-16,19-20,24H,3-4,6-8,10-13H2,1-2H3. The summed E-state index contributed by atoms with van der Waals surface area (Å²) in [5, 5.41) is 10.2. The lowest BCUT2D eigenvalue weighted by Crippen LogP contribution is -2.52. The molecule has 1 heterocycles. The molecule has 7 unspecified atom stereocenters. The molecule has 0 aromatic heterocycles. The number of hydrogen-bond donors (Lipinski definition) is 1. The van der Waals surface area contributed by atoms with E-state index < -0.39 is 0 Å². The first-order valence-electron chi connectivity index (χ1n) is 10.7. The maximum Gasteiger partial charge on any atom is 0.334 e. The summed E-state index contributed by atoms with van der Waals surface area (Å²) in [6, 6.07) is 0. The molecule has 0 aromatic rings. The molecule has 142 valence electrons. The summed E-state index contributed by atoms with van der Waals surface area (Å²) in [4.78, 5) is 12.2. The monoisotopic (exact) mass is 356 g/mol. The molecule has 0 aromatic carbocycles. The van der Waals surface area contributed by atoms with E-state index in [1.807, 2.05) is 6.08 Å². The van der Waals surface area contributed by atoms with E-state index in [0.717, 1.165) is 30.8 Å². The van der Waals surface area contributed by atoms with Gasteiger partial charge in [-0.2, -0.15) is 0 Å². The fourth-order valence-electron chi connectivity index (χ4n) is 7.69. The molecule has 1 aliphatic heterocycles. The Kier molecular flexibility index (Phi) is 3.74. The number of hydrogen-bond acceptors (Lipinski definition) is 3. The quantitative estimate of drug-likeness (QED) is 0.559. The van der Waals surface area contributed by atoms with Gasteiger partial charge in [0.1, 0.15) is 6.61 Å². The lowest BCUT2D eigenvalue weighted by molar-refractivity contribution is -0.137. The third-order valence-electron chi connectivity index (χ3n) is 9.17. The van der Waals surface area contributed by atoms with E-state index in [0.29, 0.717) is 29.8 Å². The first kappa shape index (κ1) is 17.0. The van der Waals surface area contributed by atoms with Gasteiger partial charge in [-0.1, -0.05) is 25.5 Å². The second-order valence-electron chi connectivity index (χ2n) is 10.1. The number of fused-ring (bicyclic) bond motifs is 5. The van der Waals surface area contributed by atoms with E-state index in [-0.39, 0.29) is 17.5 Å². The van der Waals surface area contributed by atoms with Crippen LogP contribution in [-0.2, 0) is 9.53 Å². The highest BCUT2D eigenvalue weighted by Crippen LogP contribution is 2.66. The van der Waals surface area contributed by atoms with Gasteiger partial charge in [0.15, 0.2) is 0 Å². The van der Waals surface area contributed by atoms with Crippen molar-refractivity contribution >= 4 is 5.97 Å². The predicted molar refractivity (Wildman–Crippen MR) is 100 cm³/mol. The fraction of sp³-hybridized carbons (Fsp3) is 0.783. The van der Waals surface area contributed by atoms with Gasteiger partial charge in [0.25, 0.3) is 0 Å². The SMILES string of the molecule is CC12CCC3C(CCC4CC(O)CCC43C)C1=CCC2C1=CCOC1=O. The maximum absolute atomic E-state index is 12.2. The third kappa shape index (κ3) is 2.19. The molecular weight excluding hydrogens is 324 g/mol. The molecule has 3 nitrogen and oxygen atoms in total. The molecule has 4 aliphatic carbocycles. The van der Waals surface area contributed by atoms with Crippen LogP contribution in [0.5, 0.6) is 0 Å². The minimum atomic E-state index is -0.0788. The molecule has 0 radical (unpaired) electrons. The van der Waals surface area contributed by atoms with Crippen molar-refractivity contribution in [2.45, 2.75) is 71.3 Å². The average Bonchev–Trinajstić information content (AvgIpc) is 3.17. The molecule has 3 heteroatoms. The number of aliphatic hydroxyl groups is 1. The molecule has 7 atom stereocenters. The summed E-state index contributed by atoms with van der Waals surface area (Å²) in [6.07, 6.45) is 13.6. The molecule has 0 spiro atoms. The van der Waals surface area contributed by atoms with Gasteiger partial charge in [0, 0.05) is 11.5 Å². The highest BCUT2D eigenvalue weighted by molar-refractivity contribution is 5.91. The van der Waals surface area contributed by atoms with Crippen molar-refractivity contribution in [3.63, 3.8) is 0 Å². The number of aliphatic hydroxyl groups excluding tert-OH is 1. The van der Waals surface area contributed by atoms with E-state index in [1.165, 1.54) is 32.1 Å². The number of esters is 1. The first-order chi connectivity index (χ1) is 12.4. The van der Waals surface area contributed by atoms with Gasteiger partial charge in [0.2, 0.25) is 0 Å². The zero-order chi connectivity index (χ0) is 18.1. The summed E-state index contributed by atoms with van der Waals surface area (Å²) >= 11 is 0. The highest BCUT2D eigenvalue weighted by atomic mass is 16.5. The topological polar surface area (TPSA) is 46.5 Å². The van der Waals surface area contributed by atoms with Crippen molar-refractivity contribution in [1.29, 1.82) is 0 Å². The fourth-order valence-corrected chi connectivity index (χ4v) is 7.69. The molecule has 1 N–H and O–H groups in total. The smallest absolute Gasteiger partial charge is 0.334 e. The van der Waals surface area contributed by atoms with Gasteiger partial charge < -0.3 is 9.84 Å². The highest BCUT2D eigenvalue weighted by Gasteiger charge is 2.58. The second kappa shape index (κ2) is 5.70. The van der Waals surface area contributed by atoms with Gasteiger partial charge in [-0.15, -0.1) is 0 Å². The van der Waals surface area contributed by atoms with E-state index in [1.54, 1.807) is 5.57 Å².